The number of nitrogens with one attached hydrogen (secondary N) is 2. The highest BCUT2D eigenvalue weighted by molar-refractivity contribution is 5.80. The summed E-state index contributed by atoms with van der Waals surface area (Å²) in [5, 5.41) is 17.4. The molecular formula is C22H38N4O3. The number of ether oxygens (including phenoxy) is 2. The van der Waals surface area contributed by atoms with E-state index < -0.39 is 6.10 Å². The van der Waals surface area contributed by atoms with Gasteiger partial charge < -0.3 is 30.1 Å². The number of aliphatic hydroxyl groups is 1. The quantitative estimate of drug-likeness (QED) is 0.409. The Morgan fingerprint density at radius 1 is 1.17 bits per heavy atom. The predicted molar refractivity (Wildman–Crippen MR) is 118 cm³/mol. The van der Waals surface area contributed by atoms with Crippen molar-refractivity contribution in [1.29, 1.82) is 0 Å². The molecule has 0 aromatic heterocycles. The minimum Gasteiger partial charge on any atom is -0.497 e. The maximum absolute atomic E-state index is 10.6. The van der Waals surface area contributed by atoms with Crippen molar-refractivity contribution in [2.75, 3.05) is 46.9 Å². The van der Waals surface area contributed by atoms with Crippen LogP contribution in [0.3, 0.4) is 0 Å². The SMILES string of the molecule is CCCCN1CCC(NC(=NCC(O)c2cc(OC)cc(OC)c2)NCC)CC1. The molecular weight excluding hydrogens is 368 g/mol. The number of hydrogen-bond donors (Lipinski definition) is 3. The third-order valence-corrected chi connectivity index (χ3v) is 5.28. The monoisotopic (exact) mass is 406 g/mol. The highest BCUT2D eigenvalue weighted by Crippen LogP contribution is 2.26. The Bertz CT molecular complexity index is 608. The van der Waals surface area contributed by atoms with Gasteiger partial charge in [-0.15, -0.1) is 0 Å². The Morgan fingerprint density at radius 2 is 1.83 bits per heavy atom. The number of piperidine rings is 1. The zero-order valence-electron chi connectivity index (χ0n) is 18.4. The summed E-state index contributed by atoms with van der Waals surface area (Å²) in [6, 6.07) is 5.84. The van der Waals surface area contributed by atoms with Crippen LogP contribution in [0.5, 0.6) is 11.5 Å². The first-order chi connectivity index (χ1) is 14.1. The van der Waals surface area contributed by atoms with Gasteiger partial charge in [-0.1, -0.05) is 13.3 Å². The summed E-state index contributed by atoms with van der Waals surface area (Å²) in [6.45, 7) is 8.79. The molecule has 0 spiro atoms. The summed E-state index contributed by atoms with van der Waals surface area (Å²) in [5.74, 6) is 2.07. The molecule has 7 nitrogen and oxygen atoms in total. The number of benzene rings is 1. The van der Waals surface area contributed by atoms with Crippen LogP contribution in [-0.4, -0.2) is 69.0 Å². The van der Waals surface area contributed by atoms with E-state index in [9.17, 15) is 5.11 Å². The van der Waals surface area contributed by atoms with Crippen LogP contribution in [0.15, 0.2) is 23.2 Å². The summed E-state index contributed by atoms with van der Waals surface area (Å²) in [7, 11) is 3.20. The van der Waals surface area contributed by atoms with Gasteiger partial charge in [0.25, 0.3) is 0 Å². The van der Waals surface area contributed by atoms with Gasteiger partial charge >= 0.3 is 0 Å². The van der Waals surface area contributed by atoms with Crippen molar-refractivity contribution in [3.05, 3.63) is 23.8 Å². The summed E-state index contributed by atoms with van der Waals surface area (Å²) in [6.07, 6.45) is 4.02. The van der Waals surface area contributed by atoms with Crippen molar-refractivity contribution in [2.24, 2.45) is 4.99 Å². The molecule has 0 saturated carbocycles. The van der Waals surface area contributed by atoms with Gasteiger partial charge in [0.2, 0.25) is 0 Å². The molecule has 1 aromatic rings. The normalized spacial score (nSPS) is 17.1. The molecule has 164 valence electrons. The van der Waals surface area contributed by atoms with Gasteiger partial charge in [-0.25, -0.2) is 0 Å². The Labute approximate surface area is 175 Å². The number of unbranched alkanes of at least 4 members (excludes halogenated alkanes) is 1. The number of rotatable bonds is 10. The van der Waals surface area contributed by atoms with Crippen molar-refractivity contribution in [2.45, 2.75) is 51.7 Å². The van der Waals surface area contributed by atoms with Crippen LogP contribution in [0.2, 0.25) is 0 Å². The van der Waals surface area contributed by atoms with Gasteiger partial charge in [0.15, 0.2) is 5.96 Å². The van der Waals surface area contributed by atoms with Crippen LogP contribution in [0.1, 0.15) is 51.2 Å². The molecule has 0 bridgehead atoms. The fourth-order valence-electron chi connectivity index (χ4n) is 3.50. The summed E-state index contributed by atoms with van der Waals surface area (Å²) in [5.41, 5.74) is 0.727. The first kappa shape index (κ1) is 23.3. The molecule has 0 amide bonds. The second-order valence-electron chi connectivity index (χ2n) is 7.50. The average Bonchev–Trinajstić information content (AvgIpc) is 2.76. The smallest absolute Gasteiger partial charge is 0.191 e. The predicted octanol–water partition coefficient (Wildman–Crippen LogP) is 2.56. The molecule has 3 N–H and O–H groups in total. The lowest BCUT2D eigenvalue weighted by atomic mass is 10.0. The zero-order chi connectivity index (χ0) is 21.1. The molecule has 1 saturated heterocycles. The first-order valence-electron chi connectivity index (χ1n) is 10.8. The summed E-state index contributed by atoms with van der Waals surface area (Å²) < 4.78 is 10.6. The molecule has 1 unspecified atom stereocenters. The number of guanidine groups is 1. The molecule has 1 fully saturated rings. The van der Waals surface area contributed by atoms with Crippen molar-refractivity contribution < 1.29 is 14.6 Å². The van der Waals surface area contributed by atoms with Crippen LogP contribution in [0, 0.1) is 0 Å². The lowest BCUT2D eigenvalue weighted by Crippen LogP contribution is -2.48. The molecule has 2 rings (SSSR count). The minimum absolute atomic E-state index is 0.265. The number of methoxy groups -OCH3 is 2. The van der Waals surface area contributed by atoms with E-state index in [0.717, 1.165) is 44.0 Å². The molecule has 1 heterocycles. The molecule has 0 aliphatic carbocycles. The van der Waals surface area contributed by atoms with Gasteiger partial charge in [0.1, 0.15) is 11.5 Å². The highest BCUT2D eigenvalue weighted by atomic mass is 16.5. The van der Waals surface area contributed by atoms with E-state index in [-0.39, 0.29) is 6.54 Å². The van der Waals surface area contributed by atoms with Crippen molar-refractivity contribution in [3.8, 4) is 11.5 Å². The second-order valence-corrected chi connectivity index (χ2v) is 7.50. The molecule has 1 aliphatic heterocycles. The summed E-state index contributed by atoms with van der Waals surface area (Å²) in [4.78, 5) is 7.16. The van der Waals surface area contributed by atoms with Gasteiger partial charge in [-0.2, -0.15) is 0 Å². The molecule has 29 heavy (non-hydrogen) atoms. The van der Waals surface area contributed by atoms with Crippen LogP contribution < -0.4 is 20.1 Å². The third kappa shape index (κ3) is 7.74. The Hall–Kier alpha value is -1.99. The Morgan fingerprint density at radius 3 is 2.38 bits per heavy atom. The topological polar surface area (TPSA) is 78.4 Å². The van der Waals surface area contributed by atoms with Crippen LogP contribution in [-0.2, 0) is 0 Å². The molecule has 0 radical (unpaired) electrons. The Balaban J connectivity index is 1.93. The van der Waals surface area contributed by atoms with Crippen molar-refractivity contribution in [1.82, 2.24) is 15.5 Å². The lowest BCUT2D eigenvalue weighted by molar-refractivity contribution is 0.185. The van der Waals surface area contributed by atoms with E-state index in [2.05, 4.69) is 27.4 Å². The van der Waals surface area contributed by atoms with Crippen LogP contribution >= 0.6 is 0 Å². The highest BCUT2D eigenvalue weighted by Gasteiger charge is 2.19. The first-order valence-corrected chi connectivity index (χ1v) is 10.8. The van der Waals surface area contributed by atoms with Gasteiger partial charge in [0, 0.05) is 31.7 Å². The molecule has 1 aromatic carbocycles. The molecule has 7 heteroatoms. The van der Waals surface area contributed by atoms with E-state index in [0.29, 0.717) is 17.5 Å². The van der Waals surface area contributed by atoms with E-state index in [1.807, 2.05) is 19.1 Å². The summed E-state index contributed by atoms with van der Waals surface area (Å²) >= 11 is 0. The van der Waals surface area contributed by atoms with Gasteiger partial charge in [-0.05, 0) is 50.4 Å². The number of aliphatic hydroxyl groups excluding tert-OH is 1. The van der Waals surface area contributed by atoms with Gasteiger partial charge in [0.05, 0.1) is 26.9 Å². The van der Waals surface area contributed by atoms with Crippen molar-refractivity contribution >= 4 is 5.96 Å². The second kappa shape index (κ2) is 12.5. The number of likely N-dealkylation sites (tertiary alicyclic amines) is 1. The van der Waals surface area contributed by atoms with Crippen LogP contribution in [0.25, 0.3) is 0 Å². The number of nitrogens with zero attached hydrogens (tertiary/aromatic N) is 2. The zero-order valence-corrected chi connectivity index (χ0v) is 18.4. The standard InChI is InChI=1S/C22H38N4O3/c1-5-7-10-26-11-8-18(9-12-26)25-22(23-6-2)24-16-21(27)17-13-19(28-3)15-20(14-17)29-4/h13-15,18,21,27H,5-12,16H2,1-4H3,(H2,23,24,25). The number of hydrogen-bond acceptors (Lipinski definition) is 5. The van der Waals surface area contributed by atoms with Gasteiger partial charge in [-0.3, -0.25) is 4.99 Å². The maximum atomic E-state index is 10.6. The van der Waals surface area contributed by atoms with E-state index in [4.69, 9.17) is 9.47 Å². The fraction of sp³-hybridized carbons (Fsp3) is 0.682. The molecule has 1 aliphatic rings. The maximum Gasteiger partial charge on any atom is 0.191 e. The van der Waals surface area contributed by atoms with E-state index in [1.54, 1.807) is 20.3 Å². The lowest BCUT2D eigenvalue weighted by Gasteiger charge is -2.33. The largest absolute Gasteiger partial charge is 0.497 e. The van der Waals surface area contributed by atoms with Crippen molar-refractivity contribution in [3.63, 3.8) is 0 Å². The Kier molecular flexibility index (Phi) is 10.1. The van der Waals surface area contributed by atoms with Crippen LogP contribution in [0.4, 0.5) is 0 Å². The van der Waals surface area contributed by atoms with E-state index >= 15 is 0 Å². The molecule has 1 atom stereocenters. The fourth-order valence-corrected chi connectivity index (χ4v) is 3.50. The minimum atomic E-state index is -0.731. The average molecular weight is 407 g/mol. The number of aliphatic imine (C=N–C) groups is 1. The third-order valence-electron chi connectivity index (χ3n) is 5.28. The van der Waals surface area contributed by atoms with E-state index in [1.165, 1.54) is 19.4 Å².